The van der Waals surface area contributed by atoms with Crippen LogP contribution in [-0.2, 0) is 9.53 Å². The van der Waals surface area contributed by atoms with Gasteiger partial charge in [-0.2, -0.15) is 0 Å². The summed E-state index contributed by atoms with van der Waals surface area (Å²) in [7, 11) is 0. The Morgan fingerprint density at radius 3 is 2.30 bits per heavy atom. The van der Waals surface area contributed by atoms with E-state index in [4.69, 9.17) is 4.74 Å². The van der Waals surface area contributed by atoms with Crippen LogP contribution in [0.25, 0.3) is 0 Å². The molecule has 0 heterocycles. The molecule has 0 spiro atoms. The second-order valence-corrected chi connectivity index (χ2v) is 6.54. The first-order valence-electron chi connectivity index (χ1n) is 7.18. The van der Waals surface area contributed by atoms with Crippen molar-refractivity contribution in [3.63, 3.8) is 0 Å². The number of esters is 1. The van der Waals surface area contributed by atoms with Gasteiger partial charge in [0.15, 0.2) is 6.61 Å². The highest BCUT2D eigenvalue weighted by molar-refractivity contribution is 14.1. The van der Waals surface area contributed by atoms with Gasteiger partial charge in [-0.05, 0) is 66.6 Å². The van der Waals surface area contributed by atoms with Gasteiger partial charge >= 0.3 is 5.97 Å². The van der Waals surface area contributed by atoms with Crippen LogP contribution in [0, 0.1) is 24.3 Å². The first-order chi connectivity index (χ1) is 10.9. The molecule has 0 aromatic heterocycles. The zero-order valence-electron chi connectivity index (χ0n) is 13.3. The van der Waals surface area contributed by atoms with E-state index in [1.807, 2.05) is 51.1 Å². The molecular weight excluding hydrogens is 405 g/mol. The zero-order valence-corrected chi connectivity index (χ0v) is 15.4. The minimum Gasteiger partial charge on any atom is -0.452 e. The quantitative estimate of drug-likeness (QED) is 0.598. The van der Waals surface area contributed by atoms with Gasteiger partial charge in [0.1, 0.15) is 0 Å². The maximum atomic E-state index is 12.2. The third-order valence-corrected chi connectivity index (χ3v) is 4.30. The van der Waals surface area contributed by atoms with Crippen LogP contribution >= 0.6 is 22.6 Å². The van der Waals surface area contributed by atoms with E-state index in [0.29, 0.717) is 11.3 Å². The lowest BCUT2D eigenvalue weighted by atomic mass is 10.00. The Kier molecular flexibility index (Phi) is 5.76. The number of para-hydroxylation sites is 1. The summed E-state index contributed by atoms with van der Waals surface area (Å²) < 4.78 is 6.08. The van der Waals surface area contributed by atoms with Crippen molar-refractivity contribution in [3.8, 4) is 0 Å². The Balaban J connectivity index is 2.00. The molecule has 0 atom stereocenters. The van der Waals surface area contributed by atoms with Gasteiger partial charge < -0.3 is 10.1 Å². The number of aryl methyl sites for hydroxylation is 3. The van der Waals surface area contributed by atoms with E-state index in [-0.39, 0.29) is 12.5 Å². The third kappa shape index (κ3) is 4.54. The topological polar surface area (TPSA) is 55.4 Å². The summed E-state index contributed by atoms with van der Waals surface area (Å²) in [4.78, 5) is 24.2. The average Bonchev–Trinajstić information content (AvgIpc) is 2.46. The monoisotopic (exact) mass is 423 g/mol. The van der Waals surface area contributed by atoms with Gasteiger partial charge in [0.05, 0.1) is 11.3 Å². The molecule has 2 aromatic carbocycles. The summed E-state index contributed by atoms with van der Waals surface area (Å²) in [6, 6.07) is 11.3. The molecule has 0 bridgehead atoms. The van der Waals surface area contributed by atoms with Gasteiger partial charge in [-0.1, -0.05) is 29.8 Å². The van der Waals surface area contributed by atoms with Crippen LogP contribution in [-0.4, -0.2) is 18.5 Å². The van der Waals surface area contributed by atoms with Crippen LogP contribution in [0.4, 0.5) is 5.69 Å². The number of ether oxygens (including phenoxy) is 1. The molecule has 0 saturated heterocycles. The second-order valence-electron chi connectivity index (χ2n) is 5.38. The number of nitrogens with one attached hydrogen (secondary N) is 1. The van der Waals surface area contributed by atoms with Crippen LogP contribution in [0.2, 0.25) is 0 Å². The Hall–Kier alpha value is -1.89. The van der Waals surface area contributed by atoms with Crippen LogP contribution in [0.5, 0.6) is 0 Å². The van der Waals surface area contributed by atoms with Gasteiger partial charge in [-0.15, -0.1) is 0 Å². The minimum absolute atomic E-state index is 0.309. The first kappa shape index (κ1) is 17.5. The van der Waals surface area contributed by atoms with Gasteiger partial charge in [-0.25, -0.2) is 4.79 Å². The summed E-state index contributed by atoms with van der Waals surface area (Å²) in [5.74, 6) is -0.831. The van der Waals surface area contributed by atoms with Crippen molar-refractivity contribution in [1.82, 2.24) is 0 Å². The molecular formula is C18H18INO3. The Labute approximate surface area is 149 Å². The summed E-state index contributed by atoms with van der Waals surface area (Å²) in [5, 5.41) is 2.73. The summed E-state index contributed by atoms with van der Waals surface area (Å²) in [6.45, 7) is 5.40. The Bertz CT molecular complexity index is 733. The zero-order chi connectivity index (χ0) is 17.0. The summed E-state index contributed by atoms with van der Waals surface area (Å²) in [5.41, 5.74) is 4.03. The number of hydrogen-bond acceptors (Lipinski definition) is 3. The smallest absolute Gasteiger partial charge is 0.339 e. The van der Waals surface area contributed by atoms with E-state index < -0.39 is 5.97 Å². The van der Waals surface area contributed by atoms with Crippen molar-refractivity contribution in [2.24, 2.45) is 0 Å². The van der Waals surface area contributed by atoms with Gasteiger partial charge in [-0.3, -0.25) is 4.79 Å². The lowest BCUT2D eigenvalue weighted by Gasteiger charge is -2.11. The fourth-order valence-corrected chi connectivity index (χ4v) is 2.98. The molecule has 5 heteroatoms. The molecule has 120 valence electrons. The maximum Gasteiger partial charge on any atom is 0.339 e. The van der Waals surface area contributed by atoms with E-state index >= 15 is 0 Å². The highest BCUT2D eigenvalue weighted by atomic mass is 127. The summed E-state index contributed by atoms with van der Waals surface area (Å²) in [6.07, 6.45) is 0. The van der Waals surface area contributed by atoms with Gasteiger partial charge in [0.2, 0.25) is 0 Å². The van der Waals surface area contributed by atoms with Crippen molar-refractivity contribution >= 4 is 40.2 Å². The molecule has 1 amide bonds. The Morgan fingerprint density at radius 2 is 1.70 bits per heavy atom. The molecule has 0 saturated carbocycles. The molecule has 0 aliphatic heterocycles. The SMILES string of the molecule is Cc1cc(C)c(C(=O)OCC(=O)Nc2ccccc2I)c(C)c1. The number of carbonyl (C=O) groups excluding carboxylic acids is 2. The lowest BCUT2D eigenvalue weighted by molar-refractivity contribution is -0.119. The van der Waals surface area contributed by atoms with Crippen molar-refractivity contribution in [2.75, 3.05) is 11.9 Å². The van der Waals surface area contributed by atoms with Crippen LogP contribution in [0.15, 0.2) is 36.4 Å². The maximum absolute atomic E-state index is 12.2. The van der Waals surface area contributed by atoms with Crippen LogP contribution < -0.4 is 5.32 Å². The van der Waals surface area contributed by atoms with Crippen LogP contribution in [0.3, 0.4) is 0 Å². The van der Waals surface area contributed by atoms with Crippen molar-refractivity contribution < 1.29 is 14.3 Å². The third-order valence-electron chi connectivity index (χ3n) is 3.36. The minimum atomic E-state index is -0.474. The Morgan fingerprint density at radius 1 is 1.09 bits per heavy atom. The van der Waals surface area contributed by atoms with E-state index in [0.717, 1.165) is 20.3 Å². The molecule has 0 radical (unpaired) electrons. The number of amides is 1. The predicted molar refractivity (Wildman–Crippen MR) is 98.7 cm³/mol. The summed E-state index contributed by atoms with van der Waals surface area (Å²) >= 11 is 2.13. The van der Waals surface area contributed by atoms with Crippen molar-refractivity contribution in [1.29, 1.82) is 0 Å². The number of rotatable bonds is 4. The number of hydrogen-bond donors (Lipinski definition) is 1. The van der Waals surface area contributed by atoms with Gasteiger partial charge in [0, 0.05) is 3.57 Å². The number of anilines is 1. The molecule has 4 nitrogen and oxygen atoms in total. The number of carbonyl (C=O) groups is 2. The predicted octanol–water partition coefficient (Wildman–Crippen LogP) is 4.01. The molecule has 23 heavy (non-hydrogen) atoms. The van der Waals surface area contributed by atoms with Crippen molar-refractivity contribution in [2.45, 2.75) is 20.8 Å². The van der Waals surface area contributed by atoms with E-state index in [1.54, 1.807) is 6.07 Å². The first-order valence-corrected chi connectivity index (χ1v) is 8.25. The fourth-order valence-electron chi connectivity index (χ4n) is 2.45. The molecule has 0 unspecified atom stereocenters. The van der Waals surface area contributed by atoms with Crippen molar-refractivity contribution in [3.05, 3.63) is 62.2 Å². The second kappa shape index (κ2) is 7.59. The molecule has 0 fully saturated rings. The van der Waals surface area contributed by atoms with Gasteiger partial charge in [0.25, 0.3) is 5.91 Å². The highest BCUT2D eigenvalue weighted by Crippen LogP contribution is 2.18. The largest absolute Gasteiger partial charge is 0.452 e. The normalized spacial score (nSPS) is 10.3. The number of halogens is 1. The molecule has 1 N–H and O–H groups in total. The van der Waals surface area contributed by atoms with E-state index in [9.17, 15) is 9.59 Å². The van der Waals surface area contributed by atoms with E-state index in [2.05, 4.69) is 27.9 Å². The molecule has 2 aromatic rings. The number of benzene rings is 2. The molecule has 2 rings (SSSR count). The fraction of sp³-hybridized carbons (Fsp3) is 0.222. The van der Waals surface area contributed by atoms with E-state index in [1.165, 1.54) is 0 Å². The molecule has 0 aliphatic rings. The molecule has 0 aliphatic carbocycles. The highest BCUT2D eigenvalue weighted by Gasteiger charge is 2.16. The standard InChI is InChI=1S/C18H18INO3/c1-11-8-12(2)17(13(3)9-11)18(22)23-10-16(21)20-15-7-5-4-6-14(15)19/h4-9H,10H2,1-3H3,(H,20,21). The average molecular weight is 423 g/mol. The van der Waals surface area contributed by atoms with Crippen LogP contribution in [0.1, 0.15) is 27.0 Å². The lowest BCUT2D eigenvalue weighted by Crippen LogP contribution is -2.22.